The van der Waals surface area contributed by atoms with Crippen molar-refractivity contribution in [2.45, 2.75) is 45.3 Å². The average molecular weight is 404 g/mol. The number of rotatable bonds is 4. The Labute approximate surface area is 163 Å². The van der Waals surface area contributed by atoms with Gasteiger partial charge in [-0.3, -0.25) is 0 Å². The van der Waals surface area contributed by atoms with E-state index in [1.54, 1.807) is 4.90 Å². The Balaban J connectivity index is 2.06. The zero-order valence-corrected chi connectivity index (χ0v) is 16.8. The quantitative estimate of drug-likeness (QED) is 0.689. The SMILES string of the molecule is COC(=O)c1cc(Cl)c(OCC2CCCN2C(=O)OC(C)(C)C)c(Cl)c1. The van der Waals surface area contributed by atoms with Gasteiger partial charge in [0.05, 0.1) is 28.8 Å². The van der Waals surface area contributed by atoms with Gasteiger partial charge in [-0.25, -0.2) is 9.59 Å². The Morgan fingerprint density at radius 1 is 1.23 bits per heavy atom. The Morgan fingerprint density at radius 2 is 1.85 bits per heavy atom. The minimum Gasteiger partial charge on any atom is -0.488 e. The van der Waals surface area contributed by atoms with E-state index in [1.165, 1.54) is 19.2 Å². The van der Waals surface area contributed by atoms with Gasteiger partial charge in [0.15, 0.2) is 5.75 Å². The number of ether oxygens (including phenoxy) is 3. The van der Waals surface area contributed by atoms with Crippen LogP contribution < -0.4 is 4.74 Å². The monoisotopic (exact) mass is 403 g/mol. The summed E-state index contributed by atoms with van der Waals surface area (Å²) in [6.07, 6.45) is 1.31. The Bertz CT molecular complexity index is 664. The topological polar surface area (TPSA) is 65.1 Å². The molecule has 0 aromatic heterocycles. The van der Waals surface area contributed by atoms with E-state index in [2.05, 4.69) is 4.74 Å². The lowest BCUT2D eigenvalue weighted by molar-refractivity contribution is 0.0187. The molecule has 0 N–H and O–H groups in total. The van der Waals surface area contributed by atoms with Gasteiger partial charge >= 0.3 is 12.1 Å². The van der Waals surface area contributed by atoms with Gasteiger partial charge in [-0.15, -0.1) is 0 Å². The first-order chi connectivity index (χ1) is 12.1. The predicted molar refractivity (Wildman–Crippen MR) is 99.3 cm³/mol. The predicted octanol–water partition coefficient (Wildman–Crippen LogP) is 4.56. The highest BCUT2D eigenvalue weighted by Gasteiger charge is 2.33. The van der Waals surface area contributed by atoms with Crippen LogP contribution in [-0.4, -0.2) is 48.9 Å². The summed E-state index contributed by atoms with van der Waals surface area (Å²) in [6.45, 7) is 6.33. The number of amides is 1. The molecule has 0 radical (unpaired) electrons. The van der Waals surface area contributed by atoms with Crippen molar-refractivity contribution in [2.75, 3.05) is 20.3 Å². The number of esters is 1. The molecule has 1 aliphatic rings. The Hall–Kier alpha value is -1.66. The minimum atomic E-state index is -0.554. The molecule has 0 spiro atoms. The van der Waals surface area contributed by atoms with Gasteiger partial charge in [0.1, 0.15) is 12.2 Å². The Morgan fingerprint density at radius 3 is 2.38 bits per heavy atom. The molecule has 1 atom stereocenters. The van der Waals surface area contributed by atoms with Crippen LogP contribution in [0, 0.1) is 0 Å². The highest BCUT2D eigenvalue weighted by Crippen LogP contribution is 2.35. The van der Waals surface area contributed by atoms with Crippen molar-refractivity contribution in [3.8, 4) is 5.75 Å². The first kappa shape index (κ1) is 20.6. The number of hydrogen-bond acceptors (Lipinski definition) is 5. The van der Waals surface area contributed by atoms with Crippen molar-refractivity contribution in [3.05, 3.63) is 27.7 Å². The van der Waals surface area contributed by atoms with Crippen molar-refractivity contribution in [1.82, 2.24) is 4.90 Å². The third kappa shape index (κ3) is 5.17. The van der Waals surface area contributed by atoms with Crippen LogP contribution in [0.3, 0.4) is 0 Å². The maximum absolute atomic E-state index is 12.3. The molecule has 0 aliphatic carbocycles. The second kappa shape index (κ2) is 8.35. The molecular weight excluding hydrogens is 381 g/mol. The molecule has 8 heteroatoms. The van der Waals surface area contributed by atoms with E-state index in [0.29, 0.717) is 6.54 Å². The van der Waals surface area contributed by atoms with E-state index in [9.17, 15) is 9.59 Å². The van der Waals surface area contributed by atoms with Crippen LogP contribution in [0.25, 0.3) is 0 Å². The van der Waals surface area contributed by atoms with E-state index in [-0.39, 0.29) is 40.1 Å². The van der Waals surface area contributed by atoms with Crippen molar-refractivity contribution >= 4 is 35.3 Å². The number of nitrogens with zero attached hydrogens (tertiary/aromatic N) is 1. The standard InChI is InChI=1S/C18H23Cl2NO5/c1-18(2,3)26-17(23)21-7-5-6-12(21)10-25-15-13(19)8-11(9-14(15)20)16(22)24-4/h8-9,12H,5-7,10H2,1-4H3. The zero-order valence-electron chi connectivity index (χ0n) is 15.3. The Kier molecular flexibility index (Phi) is 6.64. The number of methoxy groups -OCH3 is 1. The molecule has 0 saturated carbocycles. The number of carbonyl (C=O) groups excluding carboxylic acids is 2. The van der Waals surface area contributed by atoms with E-state index in [4.69, 9.17) is 32.7 Å². The largest absolute Gasteiger partial charge is 0.488 e. The first-order valence-electron chi connectivity index (χ1n) is 8.32. The lowest BCUT2D eigenvalue weighted by Gasteiger charge is -2.28. The first-order valence-corrected chi connectivity index (χ1v) is 9.07. The van der Waals surface area contributed by atoms with Gasteiger partial charge in [-0.2, -0.15) is 0 Å². The molecule has 1 aromatic carbocycles. The van der Waals surface area contributed by atoms with E-state index in [0.717, 1.165) is 12.8 Å². The third-order valence-corrected chi connectivity index (χ3v) is 4.41. The smallest absolute Gasteiger partial charge is 0.410 e. The summed E-state index contributed by atoms with van der Waals surface area (Å²) in [4.78, 5) is 25.6. The van der Waals surface area contributed by atoms with Crippen LogP contribution in [0.5, 0.6) is 5.75 Å². The van der Waals surface area contributed by atoms with E-state index < -0.39 is 11.6 Å². The number of benzene rings is 1. The van der Waals surface area contributed by atoms with Gasteiger partial charge < -0.3 is 19.1 Å². The highest BCUT2D eigenvalue weighted by molar-refractivity contribution is 6.37. The molecule has 1 fully saturated rings. The molecule has 26 heavy (non-hydrogen) atoms. The molecule has 0 bridgehead atoms. The van der Waals surface area contributed by atoms with Crippen LogP contribution >= 0.6 is 23.2 Å². The molecule has 1 amide bonds. The zero-order chi connectivity index (χ0) is 19.5. The van der Waals surface area contributed by atoms with Gasteiger partial charge in [-0.05, 0) is 45.7 Å². The molecule has 1 unspecified atom stereocenters. The summed E-state index contributed by atoms with van der Waals surface area (Å²) in [5, 5.41) is 0.416. The van der Waals surface area contributed by atoms with Crippen molar-refractivity contribution in [2.24, 2.45) is 0 Å². The number of halogens is 2. The summed E-state index contributed by atoms with van der Waals surface area (Å²) >= 11 is 12.4. The van der Waals surface area contributed by atoms with E-state index >= 15 is 0 Å². The maximum Gasteiger partial charge on any atom is 0.410 e. The molecular formula is C18H23Cl2NO5. The summed E-state index contributed by atoms with van der Waals surface area (Å²) in [5.74, 6) is -0.260. The van der Waals surface area contributed by atoms with Gasteiger partial charge in [0.25, 0.3) is 0 Å². The second-order valence-electron chi connectivity index (χ2n) is 7.04. The highest BCUT2D eigenvalue weighted by atomic mass is 35.5. The second-order valence-corrected chi connectivity index (χ2v) is 7.86. The van der Waals surface area contributed by atoms with E-state index in [1.807, 2.05) is 20.8 Å². The molecule has 144 valence electrons. The van der Waals surface area contributed by atoms with Crippen LogP contribution in [0.4, 0.5) is 4.79 Å². The lowest BCUT2D eigenvalue weighted by Crippen LogP contribution is -2.42. The number of likely N-dealkylation sites (tertiary alicyclic amines) is 1. The van der Waals surface area contributed by atoms with Gasteiger partial charge in [-0.1, -0.05) is 23.2 Å². The third-order valence-electron chi connectivity index (χ3n) is 3.84. The minimum absolute atomic E-state index is 0.128. The molecule has 1 aromatic rings. The molecule has 2 rings (SSSR count). The molecule has 6 nitrogen and oxygen atoms in total. The van der Waals surface area contributed by atoms with Crippen LogP contribution in [0.1, 0.15) is 44.0 Å². The molecule has 1 heterocycles. The summed E-state index contributed by atoms with van der Waals surface area (Å²) in [5.41, 5.74) is -0.312. The average Bonchev–Trinajstić information content (AvgIpc) is 3.00. The van der Waals surface area contributed by atoms with Crippen molar-refractivity contribution in [3.63, 3.8) is 0 Å². The van der Waals surface area contributed by atoms with Crippen LogP contribution in [0.2, 0.25) is 10.0 Å². The fourth-order valence-electron chi connectivity index (χ4n) is 2.68. The maximum atomic E-state index is 12.3. The lowest BCUT2D eigenvalue weighted by atomic mass is 10.2. The molecule has 1 saturated heterocycles. The van der Waals surface area contributed by atoms with Crippen molar-refractivity contribution < 1.29 is 23.8 Å². The van der Waals surface area contributed by atoms with Crippen LogP contribution in [-0.2, 0) is 9.47 Å². The van der Waals surface area contributed by atoms with Gasteiger partial charge in [0.2, 0.25) is 0 Å². The number of carbonyl (C=O) groups is 2. The van der Waals surface area contributed by atoms with Gasteiger partial charge in [0, 0.05) is 6.54 Å². The fourth-order valence-corrected chi connectivity index (χ4v) is 3.28. The van der Waals surface area contributed by atoms with Crippen LogP contribution in [0.15, 0.2) is 12.1 Å². The summed E-state index contributed by atoms with van der Waals surface area (Å²) in [6, 6.07) is 2.75. The summed E-state index contributed by atoms with van der Waals surface area (Å²) < 4.78 is 15.9. The normalized spacial score (nSPS) is 17.2. The summed E-state index contributed by atoms with van der Waals surface area (Å²) in [7, 11) is 1.28. The fraction of sp³-hybridized carbons (Fsp3) is 0.556. The number of hydrogen-bond donors (Lipinski definition) is 0. The van der Waals surface area contributed by atoms with Crippen molar-refractivity contribution in [1.29, 1.82) is 0 Å². The molecule has 1 aliphatic heterocycles.